The first-order valence-electron chi connectivity index (χ1n) is 13.1. The van der Waals surface area contributed by atoms with Crippen LogP contribution in [0.2, 0.25) is 0 Å². The number of fused-ring (bicyclic) bond motifs is 4. The molecule has 0 fully saturated rings. The Morgan fingerprint density at radius 1 is 0.452 bits per heavy atom. The average molecular weight is 549 g/mol. The van der Waals surface area contributed by atoms with Crippen LogP contribution in [0.5, 0.6) is 0 Å². The van der Waals surface area contributed by atoms with Crippen LogP contribution in [0, 0.1) is 20.2 Å². The second-order valence-electron chi connectivity index (χ2n) is 10.4. The number of nitrogens with zero attached hydrogens (tertiary/aromatic N) is 2. The fourth-order valence-corrected chi connectivity index (χ4v) is 6.55. The van der Waals surface area contributed by atoms with Gasteiger partial charge in [0.15, 0.2) is 5.78 Å². The van der Waals surface area contributed by atoms with Crippen molar-refractivity contribution < 1.29 is 19.4 Å². The summed E-state index contributed by atoms with van der Waals surface area (Å²) in [6.45, 7) is 0. The number of benzene rings is 6. The molecule has 6 aromatic rings. The molecule has 42 heavy (non-hydrogen) atoms. The van der Waals surface area contributed by atoms with Crippen LogP contribution in [0.3, 0.4) is 0 Å². The molecule has 0 saturated carbocycles. The number of rotatable bonds is 3. The lowest BCUT2D eigenvalue weighted by Crippen LogP contribution is -2.14. The number of ketones is 2. The van der Waals surface area contributed by atoms with Crippen molar-refractivity contribution in [1.82, 2.24) is 0 Å². The maximum atomic E-state index is 13.7. The van der Waals surface area contributed by atoms with Crippen LogP contribution in [0.15, 0.2) is 97.1 Å². The summed E-state index contributed by atoms with van der Waals surface area (Å²) in [7, 11) is 0. The van der Waals surface area contributed by atoms with E-state index >= 15 is 0 Å². The van der Waals surface area contributed by atoms with Gasteiger partial charge in [0.1, 0.15) is 11.1 Å². The van der Waals surface area contributed by atoms with Gasteiger partial charge < -0.3 is 0 Å². The van der Waals surface area contributed by atoms with Crippen LogP contribution in [0.1, 0.15) is 31.8 Å². The molecule has 2 aliphatic carbocycles. The van der Waals surface area contributed by atoms with Crippen molar-refractivity contribution in [1.29, 1.82) is 0 Å². The van der Waals surface area contributed by atoms with Crippen molar-refractivity contribution in [3.63, 3.8) is 0 Å². The predicted molar refractivity (Wildman–Crippen MR) is 158 cm³/mol. The Balaban J connectivity index is 1.47. The van der Waals surface area contributed by atoms with E-state index in [9.17, 15) is 29.8 Å². The molecule has 8 heteroatoms. The van der Waals surface area contributed by atoms with E-state index in [1.807, 2.05) is 66.7 Å². The Morgan fingerprint density at radius 2 is 1.02 bits per heavy atom. The topological polar surface area (TPSA) is 120 Å². The molecule has 8 nitrogen and oxygen atoms in total. The molecule has 0 bridgehead atoms. The third-order valence-electron chi connectivity index (χ3n) is 8.29. The third-order valence-corrected chi connectivity index (χ3v) is 8.29. The molecule has 0 radical (unpaired) electrons. The summed E-state index contributed by atoms with van der Waals surface area (Å²) in [5.74, 6) is -0.762. The van der Waals surface area contributed by atoms with Gasteiger partial charge in [-0.2, -0.15) is 0 Å². The Labute approximate surface area is 236 Å². The van der Waals surface area contributed by atoms with Crippen LogP contribution in [-0.4, -0.2) is 21.4 Å². The molecule has 198 valence electrons. The molecule has 0 amide bonds. The highest BCUT2D eigenvalue weighted by Gasteiger charge is 2.37. The van der Waals surface area contributed by atoms with Gasteiger partial charge >= 0.3 is 0 Å². The summed E-state index contributed by atoms with van der Waals surface area (Å²) in [6, 6.07) is 28.1. The maximum Gasteiger partial charge on any atom is 0.281 e. The summed E-state index contributed by atoms with van der Waals surface area (Å²) in [6.07, 6.45) is 0. The Kier molecular flexibility index (Phi) is 4.68. The second-order valence-corrected chi connectivity index (χ2v) is 10.4. The van der Waals surface area contributed by atoms with Gasteiger partial charge in [-0.1, -0.05) is 54.6 Å². The highest BCUT2D eigenvalue weighted by molar-refractivity contribution is 6.30. The molecule has 0 spiro atoms. The summed E-state index contributed by atoms with van der Waals surface area (Å²) >= 11 is 0. The quantitative estimate of drug-likeness (QED) is 0.163. The van der Waals surface area contributed by atoms with E-state index in [4.69, 9.17) is 0 Å². The largest absolute Gasteiger partial charge is 0.289 e. The average Bonchev–Trinajstić information content (AvgIpc) is 3.01. The van der Waals surface area contributed by atoms with Gasteiger partial charge in [0.2, 0.25) is 5.78 Å². The Morgan fingerprint density at radius 3 is 1.74 bits per heavy atom. The maximum absolute atomic E-state index is 13.7. The third kappa shape index (κ3) is 3.06. The molecule has 2 aliphatic rings. The number of nitro groups is 2. The smallest absolute Gasteiger partial charge is 0.281 e. The Hall–Kier alpha value is -6.02. The van der Waals surface area contributed by atoms with Gasteiger partial charge in [-0.15, -0.1) is 0 Å². The summed E-state index contributed by atoms with van der Waals surface area (Å²) in [5.41, 5.74) is 4.38. The van der Waals surface area contributed by atoms with Gasteiger partial charge in [0.05, 0.1) is 9.85 Å². The molecule has 0 heterocycles. The SMILES string of the molecule is O=C1c2ccccc2-c2cc(-c3cc4c5c(c([N+](=O)[O-])ccc5c3)C(=O)c3c-4cccc3[N+](=O)[O-])cc3cccc1c23. The lowest BCUT2D eigenvalue weighted by Gasteiger charge is -2.23. The second kappa shape index (κ2) is 8.25. The van der Waals surface area contributed by atoms with Crippen molar-refractivity contribution in [2.45, 2.75) is 0 Å². The minimum Gasteiger partial charge on any atom is -0.289 e. The first-order valence-corrected chi connectivity index (χ1v) is 13.1. The van der Waals surface area contributed by atoms with E-state index < -0.39 is 27.0 Å². The number of hydrogen-bond acceptors (Lipinski definition) is 6. The zero-order chi connectivity index (χ0) is 28.9. The molecule has 0 saturated heterocycles. The number of nitro benzene ring substituents is 2. The summed E-state index contributed by atoms with van der Waals surface area (Å²) < 4.78 is 0. The first-order chi connectivity index (χ1) is 20.3. The van der Waals surface area contributed by atoms with Crippen LogP contribution >= 0.6 is 0 Å². The van der Waals surface area contributed by atoms with Crippen LogP contribution in [-0.2, 0) is 0 Å². The minimum atomic E-state index is -0.737. The van der Waals surface area contributed by atoms with Crippen LogP contribution in [0.25, 0.3) is 54.9 Å². The van der Waals surface area contributed by atoms with Gasteiger partial charge in [-0.3, -0.25) is 29.8 Å². The predicted octanol–water partition coefficient (Wildman–Crippen LogP) is 7.90. The highest BCUT2D eigenvalue weighted by Crippen LogP contribution is 2.48. The first kappa shape index (κ1) is 23.8. The number of carbonyl (C=O) groups is 2. The minimum absolute atomic E-state index is 0.0245. The van der Waals surface area contributed by atoms with Crippen LogP contribution < -0.4 is 0 Å². The molecule has 0 atom stereocenters. The molecular formula is C34H16N2O6. The molecular weight excluding hydrogens is 532 g/mol. The Bertz CT molecular complexity index is 2300. The molecule has 6 aromatic carbocycles. The van der Waals surface area contributed by atoms with E-state index in [-0.39, 0.29) is 16.9 Å². The van der Waals surface area contributed by atoms with E-state index in [0.29, 0.717) is 33.0 Å². The van der Waals surface area contributed by atoms with Crippen molar-refractivity contribution in [2.75, 3.05) is 0 Å². The summed E-state index contributed by atoms with van der Waals surface area (Å²) in [4.78, 5) is 49.6. The van der Waals surface area contributed by atoms with E-state index in [1.54, 1.807) is 12.1 Å². The van der Waals surface area contributed by atoms with Crippen molar-refractivity contribution in [3.05, 3.63) is 140 Å². The molecule has 0 unspecified atom stereocenters. The summed E-state index contributed by atoms with van der Waals surface area (Å²) in [5, 5.41) is 26.7. The van der Waals surface area contributed by atoms with E-state index in [0.717, 1.165) is 33.0 Å². The van der Waals surface area contributed by atoms with Gasteiger partial charge in [0, 0.05) is 39.6 Å². The highest BCUT2D eigenvalue weighted by atomic mass is 16.6. The van der Waals surface area contributed by atoms with Crippen molar-refractivity contribution >= 4 is 44.5 Å². The standard InChI is InChI=1S/C34H16N2O6/c37-33-23-7-2-1-6-21(23)25-15-19(13-17-5-3-9-24(33)29(17)25)20-14-18-11-12-28(36(41)42)32-30(18)26(16-20)22-8-4-10-27(35(39)40)31(22)34(32)38/h1-16H. The fraction of sp³-hybridized carbons (Fsp3) is 0. The van der Waals surface area contributed by atoms with Gasteiger partial charge in [0.25, 0.3) is 11.4 Å². The fourth-order valence-electron chi connectivity index (χ4n) is 6.55. The van der Waals surface area contributed by atoms with Gasteiger partial charge in [-0.25, -0.2) is 0 Å². The van der Waals surface area contributed by atoms with E-state index in [1.165, 1.54) is 18.2 Å². The number of hydrogen-bond donors (Lipinski definition) is 0. The van der Waals surface area contributed by atoms with E-state index in [2.05, 4.69) is 0 Å². The zero-order valence-corrected chi connectivity index (χ0v) is 21.6. The molecule has 0 N–H and O–H groups in total. The van der Waals surface area contributed by atoms with Crippen LogP contribution in [0.4, 0.5) is 11.4 Å². The normalized spacial score (nSPS) is 12.8. The monoisotopic (exact) mass is 548 g/mol. The van der Waals surface area contributed by atoms with Gasteiger partial charge in [-0.05, 0) is 68.9 Å². The molecule has 0 aliphatic heterocycles. The van der Waals surface area contributed by atoms with Crippen molar-refractivity contribution in [3.8, 4) is 33.4 Å². The van der Waals surface area contributed by atoms with Crippen molar-refractivity contribution in [2.24, 2.45) is 0 Å². The lowest BCUT2D eigenvalue weighted by atomic mass is 9.79. The number of carbonyl (C=O) groups excluding carboxylic acids is 2. The lowest BCUT2D eigenvalue weighted by molar-refractivity contribution is -0.385. The molecule has 8 rings (SSSR count). The zero-order valence-electron chi connectivity index (χ0n) is 21.6. The molecule has 0 aromatic heterocycles.